The van der Waals surface area contributed by atoms with Crippen LogP contribution < -0.4 is 11.3 Å². The zero-order chi connectivity index (χ0) is 15.1. The first-order chi connectivity index (χ1) is 9.29. The van der Waals surface area contributed by atoms with Gasteiger partial charge in [-0.3, -0.25) is 16.0 Å². The smallest absolute Gasteiger partial charge is 0.0834 e. The van der Waals surface area contributed by atoms with Crippen LogP contribution in [0.3, 0.4) is 0 Å². The van der Waals surface area contributed by atoms with Crippen LogP contribution in [0.5, 0.6) is 0 Å². The second-order valence-electron chi connectivity index (χ2n) is 6.66. The fourth-order valence-corrected chi connectivity index (χ4v) is 3.71. The van der Waals surface area contributed by atoms with Crippen LogP contribution in [0.25, 0.3) is 0 Å². The van der Waals surface area contributed by atoms with E-state index in [2.05, 4.69) is 38.2 Å². The number of nitrogens with zero attached hydrogens (tertiary/aromatic N) is 2. The van der Waals surface area contributed by atoms with Crippen molar-refractivity contribution in [2.24, 2.45) is 22.6 Å². The summed E-state index contributed by atoms with van der Waals surface area (Å²) >= 11 is 6.34. The van der Waals surface area contributed by atoms with E-state index >= 15 is 0 Å². The van der Waals surface area contributed by atoms with Gasteiger partial charge in [-0.15, -0.1) is 0 Å². The van der Waals surface area contributed by atoms with E-state index < -0.39 is 0 Å². The van der Waals surface area contributed by atoms with E-state index in [9.17, 15) is 0 Å². The van der Waals surface area contributed by atoms with Crippen molar-refractivity contribution in [3.8, 4) is 0 Å². The number of hydrogen-bond donors (Lipinski definition) is 2. The number of hydrazine groups is 1. The van der Waals surface area contributed by atoms with E-state index in [1.165, 1.54) is 0 Å². The lowest BCUT2D eigenvalue weighted by Gasteiger charge is -2.20. The molecule has 1 aromatic rings. The fraction of sp³-hybridized carbons (Fsp3) is 0.786. The van der Waals surface area contributed by atoms with Gasteiger partial charge in [0.05, 0.1) is 36.1 Å². The third kappa shape index (κ3) is 2.26. The van der Waals surface area contributed by atoms with E-state index in [-0.39, 0.29) is 16.9 Å². The molecule has 6 heteroatoms. The Morgan fingerprint density at radius 2 is 2.05 bits per heavy atom. The molecule has 3 N–H and O–H groups in total. The Bertz CT molecular complexity index is 470. The van der Waals surface area contributed by atoms with E-state index in [0.29, 0.717) is 24.1 Å². The van der Waals surface area contributed by atoms with Gasteiger partial charge in [0.25, 0.3) is 0 Å². The highest BCUT2D eigenvalue weighted by Crippen LogP contribution is 2.72. The lowest BCUT2D eigenvalue weighted by Crippen LogP contribution is -2.33. The summed E-state index contributed by atoms with van der Waals surface area (Å²) < 4.78 is 7.02. The maximum atomic E-state index is 6.34. The van der Waals surface area contributed by atoms with Gasteiger partial charge in [0.2, 0.25) is 0 Å². The first kappa shape index (κ1) is 15.8. The van der Waals surface area contributed by atoms with Gasteiger partial charge < -0.3 is 4.74 Å². The first-order valence-corrected chi connectivity index (χ1v) is 7.33. The quantitative estimate of drug-likeness (QED) is 0.625. The van der Waals surface area contributed by atoms with E-state index in [1.54, 1.807) is 13.3 Å². The molecule has 1 saturated carbocycles. The third-order valence-electron chi connectivity index (χ3n) is 5.28. The second-order valence-corrected chi connectivity index (χ2v) is 7.07. The van der Waals surface area contributed by atoms with Crippen LogP contribution in [0.1, 0.15) is 39.4 Å². The van der Waals surface area contributed by atoms with Crippen LogP contribution >= 0.6 is 11.6 Å². The summed E-state index contributed by atoms with van der Waals surface area (Å²) in [6, 6.07) is -0.00754. The molecule has 0 aliphatic heterocycles. The summed E-state index contributed by atoms with van der Waals surface area (Å²) in [6.07, 6.45) is 1.68. The Hall–Kier alpha value is -0.620. The van der Waals surface area contributed by atoms with Crippen molar-refractivity contribution in [1.29, 1.82) is 0 Å². The second kappa shape index (κ2) is 5.30. The normalized spacial score (nSPS) is 21.9. The summed E-state index contributed by atoms with van der Waals surface area (Å²) in [5.74, 6) is 6.25. The lowest BCUT2D eigenvalue weighted by atomic mass is 10.0. The maximum Gasteiger partial charge on any atom is 0.0834 e. The number of ether oxygens (including phenoxy) is 1. The van der Waals surface area contributed by atoms with Crippen LogP contribution in [0, 0.1) is 16.7 Å². The number of nitrogens with one attached hydrogen (secondary N) is 1. The SMILES string of the molecule is COCCn1ncc(Cl)c1C(NN)C1C(C)(C)C1(C)C. The van der Waals surface area contributed by atoms with Gasteiger partial charge in [-0.2, -0.15) is 5.10 Å². The van der Waals surface area contributed by atoms with Gasteiger partial charge in [0.1, 0.15) is 0 Å². The van der Waals surface area contributed by atoms with Crippen LogP contribution in [-0.4, -0.2) is 23.5 Å². The molecule has 1 aliphatic carbocycles. The lowest BCUT2D eigenvalue weighted by molar-refractivity contribution is 0.181. The number of nitrogens with two attached hydrogens (primary N) is 1. The van der Waals surface area contributed by atoms with Gasteiger partial charge in [-0.25, -0.2) is 0 Å². The highest BCUT2D eigenvalue weighted by Gasteiger charge is 2.67. The number of aromatic nitrogens is 2. The van der Waals surface area contributed by atoms with Crippen molar-refractivity contribution < 1.29 is 4.74 Å². The maximum absolute atomic E-state index is 6.34. The average Bonchev–Trinajstić information content (AvgIpc) is 2.67. The van der Waals surface area contributed by atoms with Gasteiger partial charge in [-0.05, 0) is 16.7 Å². The number of halogens is 1. The highest BCUT2D eigenvalue weighted by molar-refractivity contribution is 6.31. The predicted molar refractivity (Wildman–Crippen MR) is 80.2 cm³/mol. The van der Waals surface area contributed by atoms with Gasteiger partial charge in [-0.1, -0.05) is 39.3 Å². The molecule has 1 unspecified atom stereocenters. The molecule has 1 atom stereocenters. The Morgan fingerprint density at radius 1 is 1.45 bits per heavy atom. The zero-order valence-electron chi connectivity index (χ0n) is 12.9. The van der Waals surface area contributed by atoms with Crippen molar-refractivity contribution in [3.63, 3.8) is 0 Å². The molecule has 2 rings (SSSR count). The summed E-state index contributed by atoms with van der Waals surface area (Å²) in [5.41, 5.74) is 4.33. The Balaban J connectivity index is 2.32. The summed E-state index contributed by atoms with van der Waals surface area (Å²) in [4.78, 5) is 0. The Kier molecular flexibility index (Phi) is 4.17. The Labute approximate surface area is 125 Å². The first-order valence-electron chi connectivity index (χ1n) is 6.95. The van der Waals surface area contributed by atoms with Gasteiger partial charge >= 0.3 is 0 Å². The number of rotatable bonds is 6. The predicted octanol–water partition coefficient (Wildman–Crippen LogP) is 2.37. The monoisotopic (exact) mass is 300 g/mol. The van der Waals surface area contributed by atoms with Crippen molar-refractivity contribution in [2.45, 2.75) is 40.3 Å². The Morgan fingerprint density at radius 3 is 2.50 bits per heavy atom. The third-order valence-corrected chi connectivity index (χ3v) is 5.57. The zero-order valence-corrected chi connectivity index (χ0v) is 13.7. The fourth-order valence-electron chi connectivity index (χ4n) is 3.45. The van der Waals surface area contributed by atoms with Crippen LogP contribution in [0.4, 0.5) is 0 Å². The highest BCUT2D eigenvalue weighted by atomic mass is 35.5. The number of hydrogen-bond acceptors (Lipinski definition) is 4. The molecule has 1 aromatic heterocycles. The van der Waals surface area contributed by atoms with Crippen molar-refractivity contribution in [1.82, 2.24) is 15.2 Å². The van der Waals surface area contributed by atoms with Crippen LogP contribution in [0.2, 0.25) is 5.02 Å². The van der Waals surface area contributed by atoms with Gasteiger partial charge in [0.15, 0.2) is 0 Å². The molecule has 0 aromatic carbocycles. The standard InChI is InChI=1S/C14H25ClN4O/c1-13(2)12(14(13,3)4)10(18-16)11-9(15)8-17-19(11)6-7-20-5/h8,10,12,18H,6-7,16H2,1-5H3. The summed E-state index contributed by atoms with van der Waals surface area (Å²) in [5, 5.41) is 4.99. The molecule has 0 radical (unpaired) electrons. The average molecular weight is 301 g/mol. The molecular weight excluding hydrogens is 276 g/mol. The molecule has 114 valence electrons. The minimum absolute atomic E-state index is 0.00754. The van der Waals surface area contributed by atoms with Crippen molar-refractivity contribution in [3.05, 3.63) is 16.9 Å². The van der Waals surface area contributed by atoms with Crippen LogP contribution in [-0.2, 0) is 11.3 Å². The molecule has 1 fully saturated rings. The largest absolute Gasteiger partial charge is 0.383 e. The minimum atomic E-state index is -0.00754. The molecule has 1 aliphatic rings. The molecule has 5 nitrogen and oxygen atoms in total. The van der Waals surface area contributed by atoms with Crippen molar-refractivity contribution >= 4 is 11.6 Å². The minimum Gasteiger partial charge on any atom is -0.383 e. The van der Waals surface area contributed by atoms with E-state index in [4.69, 9.17) is 22.2 Å². The molecule has 0 spiro atoms. The molecular formula is C14H25ClN4O. The topological polar surface area (TPSA) is 65.1 Å². The molecule has 0 amide bonds. The summed E-state index contributed by atoms with van der Waals surface area (Å²) in [7, 11) is 1.68. The van der Waals surface area contributed by atoms with Gasteiger partial charge in [0, 0.05) is 7.11 Å². The van der Waals surface area contributed by atoms with Crippen molar-refractivity contribution in [2.75, 3.05) is 13.7 Å². The molecule has 1 heterocycles. The van der Waals surface area contributed by atoms with Crippen LogP contribution in [0.15, 0.2) is 6.20 Å². The molecule has 0 bridgehead atoms. The number of methoxy groups -OCH3 is 1. The molecule has 0 saturated heterocycles. The van der Waals surface area contributed by atoms with E-state index in [0.717, 1.165) is 5.69 Å². The molecule has 20 heavy (non-hydrogen) atoms. The van der Waals surface area contributed by atoms with E-state index in [1.807, 2.05) is 4.68 Å². The summed E-state index contributed by atoms with van der Waals surface area (Å²) in [6.45, 7) is 10.3.